The molecule has 0 bridgehead atoms. The van der Waals surface area contributed by atoms with Gasteiger partial charge in [-0.15, -0.1) is 12.4 Å². The molecule has 0 aliphatic heterocycles. The van der Waals surface area contributed by atoms with Crippen molar-refractivity contribution in [1.82, 2.24) is 5.32 Å². The molecule has 1 aliphatic carbocycles. The molecule has 22 heavy (non-hydrogen) atoms. The van der Waals surface area contributed by atoms with Crippen molar-refractivity contribution >= 4 is 24.0 Å². The zero-order valence-electron chi connectivity index (χ0n) is 12.4. The monoisotopic (exact) mass is 316 g/mol. The quantitative estimate of drug-likeness (QED) is 0.830. The lowest BCUT2D eigenvalue weighted by Gasteiger charge is -2.19. The molecule has 0 aromatic heterocycles. The highest BCUT2D eigenvalue weighted by atomic mass is 35.5. The summed E-state index contributed by atoms with van der Waals surface area (Å²) in [5, 5.41) is 3.17. The summed E-state index contributed by atoms with van der Waals surface area (Å²) in [6.07, 6.45) is 3.27. The van der Waals surface area contributed by atoms with Gasteiger partial charge in [-0.3, -0.25) is 4.79 Å². The molecule has 1 saturated carbocycles. The Hall–Kier alpha value is -2.00. The summed E-state index contributed by atoms with van der Waals surface area (Å²) in [4.78, 5) is 12.4. The third kappa shape index (κ3) is 4.01. The van der Waals surface area contributed by atoms with Gasteiger partial charge in [0, 0.05) is 11.7 Å². The fourth-order valence-corrected chi connectivity index (χ4v) is 2.65. The number of carbonyl (C=O) groups excluding carboxylic acids is 1. The van der Waals surface area contributed by atoms with Crippen LogP contribution in [0, 0.1) is 5.92 Å². The summed E-state index contributed by atoms with van der Waals surface area (Å²) in [5.41, 5.74) is 8.24. The van der Waals surface area contributed by atoms with Crippen molar-refractivity contribution in [3.63, 3.8) is 0 Å². The summed E-state index contributed by atoms with van der Waals surface area (Å²) >= 11 is 0. The highest BCUT2D eigenvalue weighted by Crippen LogP contribution is 2.34. The standard InChI is InChI=1S/C18H20N2O.ClH/c19-16-9-5-4-8-15(16)18(21)20-17(14-10-11-14)12-13-6-2-1-3-7-13;/h1-9,14,17H,10-12,19H2,(H,20,21);1H. The molecule has 3 nitrogen and oxygen atoms in total. The van der Waals surface area contributed by atoms with Gasteiger partial charge in [0.1, 0.15) is 0 Å². The van der Waals surface area contributed by atoms with Crippen LogP contribution in [0.3, 0.4) is 0 Å². The number of nitrogens with two attached hydrogens (primary N) is 1. The van der Waals surface area contributed by atoms with Gasteiger partial charge in [-0.25, -0.2) is 0 Å². The smallest absolute Gasteiger partial charge is 0.253 e. The van der Waals surface area contributed by atoms with E-state index < -0.39 is 0 Å². The Morgan fingerprint density at radius 3 is 2.36 bits per heavy atom. The van der Waals surface area contributed by atoms with Gasteiger partial charge in [0.2, 0.25) is 0 Å². The maximum atomic E-state index is 12.4. The summed E-state index contributed by atoms with van der Waals surface area (Å²) in [6, 6.07) is 17.7. The van der Waals surface area contributed by atoms with E-state index in [1.807, 2.05) is 30.3 Å². The number of hydrogen-bond donors (Lipinski definition) is 2. The van der Waals surface area contributed by atoms with Gasteiger partial charge in [0.15, 0.2) is 0 Å². The van der Waals surface area contributed by atoms with Gasteiger partial charge in [-0.2, -0.15) is 0 Å². The third-order valence-corrected chi connectivity index (χ3v) is 4.01. The molecule has 1 aliphatic rings. The Morgan fingerprint density at radius 2 is 1.73 bits per heavy atom. The molecule has 0 saturated heterocycles. The van der Waals surface area contributed by atoms with E-state index in [4.69, 9.17) is 5.73 Å². The molecule has 3 rings (SSSR count). The van der Waals surface area contributed by atoms with Gasteiger partial charge in [-0.05, 0) is 42.9 Å². The second-order valence-corrected chi connectivity index (χ2v) is 5.69. The van der Waals surface area contributed by atoms with Crippen LogP contribution in [0.15, 0.2) is 54.6 Å². The number of rotatable bonds is 5. The molecule has 1 unspecified atom stereocenters. The molecule has 116 valence electrons. The molecule has 0 spiro atoms. The van der Waals surface area contributed by atoms with Crippen molar-refractivity contribution in [2.24, 2.45) is 5.92 Å². The summed E-state index contributed by atoms with van der Waals surface area (Å²) in [7, 11) is 0. The van der Waals surface area contributed by atoms with E-state index in [0.29, 0.717) is 17.2 Å². The highest BCUT2D eigenvalue weighted by molar-refractivity contribution is 5.99. The predicted octanol–water partition coefficient (Wildman–Crippen LogP) is 3.44. The Kier molecular flexibility index (Phi) is 5.45. The van der Waals surface area contributed by atoms with Crippen LogP contribution >= 0.6 is 12.4 Å². The number of carbonyl (C=O) groups is 1. The van der Waals surface area contributed by atoms with Gasteiger partial charge in [0.25, 0.3) is 5.91 Å². The van der Waals surface area contributed by atoms with Gasteiger partial charge in [0.05, 0.1) is 5.56 Å². The molecule has 0 heterocycles. The van der Waals surface area contributed by atoms with E-state index in [-0.39, 0.29) is 24.4 Å². The summed E-state index contributed by atoms with van der Waals surface area (Å²) < 4.78 is 0. The predicted molar refractivity (Wildman–Crippen MR) is 92.2 cm³/mol. The van der Waals surface area contributed by atoms with E-state index in [1.165, 1.54) is 18.4 Å². The topological polar surface area (TPSA) is 55.1 Å². The van der Waals surface area contributed by atoms with Crippen molar-refractivity contribution in [3.8, 4) is 0 Å². The number of nitrogen functional groups attached to an aromatic ring is 1. The maximum Gasteiger partial charge on any atom is 0.253 e. The maximum absolute atomic E-state index is 12.4. The van der Waals surface area contributed by atoms with Crippen LogP contribution in [0.1, 0.15) is 28.8 Å². The minimum Gasteiger partial charge on any atom is -0.398 e. The lowest BCUT2D eigenvalue weighted by molar-refractivity contribution is 0.0933. The Labute approximate surface area is 137 Å². The van der Waals surface area contributed by atoms with Gasteiger partial charge >= 0.3 is 0 Å². The van der Waals surface area contributed by atoms with Crippen molar-refractivity contribution in [2.75, 3.05) is 5.73 Å². The van der Waals surface area contributed by atoms with Crippen LogP contribution < -0.4 is 11.1 Å². The Balaban J connectivity index is 0.00000176. The number of anilines is 1. The van der Waals surface area contributed by atoms with Crippen molar-refractivity contribution in [2.45, 2.75) is 25.3 Å². The second kappa shape index (κ2) is 7.32. The SMILES string of the molecule is Cl.Nc1ccccc1C(=O)NC(Cc1ccccc1)C1CC1. The first-order valence-corrected chi connectivity index (χ1v) is 7.43. The van der Waals surface area contributed by atoms with Crippen LogP contribution in [-0.4, -0.2) is 11.9 Å². The largest absolute Gasteiger partial charge is 0.398 e. The number of amides is 1. The Bertz CT molecular complexity index is 626. The van der Waals surface area contributed by atoms with E-state index in [0.717, 1.165) is 6.42 Å². The molecule has 2 aromatic rings. The first-order chi connectivity index (χ1) is 10.2. The normalized spacial score (nSPS) is 14.7. The zero-order valence-corrected chi connectivity index (χ0v) is 13.2. The first-order valence-electron chi connectivity index (χ1n) is 7.43. The molecule has 1 amide bonds. The number of nitrogens with one attached hydrogen (secondary N) is 1. The highest BCUT2D eigenvalue weighted by Gasteiger charge is 2.32. The number of halogens is 1. The minimum absolute atomic E-state index is 0. The lowest BCUT2D eigenvalue weighted by Crippen LogP contribution is -2.38. The molecule has 2 aromatic carbocycles. The molecular formula is C18H21ClN2O. The number of benzene rings is 2. The van der Waals surface area contributed by atoms with E-state index in [1.54, 1.807) is 12.1 Å². The van der Waals surface area contributed by atoms with Crippen molar-refractivity contribution in [3.05, 3.63) is 65.7 Å². The van der Waals surface area contributed by atoms with Gasteiger partial charge in [-0.1, -0.05) is 42.5 Å². The number of para-hydroxylation sites is 1. The molecule has 1 fully saturated rings. The molecular weight excluding hydrogens is 296 g/mol. The fraction of sp³-hybridized carbons (Fsp3) is 0.278. The molecule has 4 heteroatoms. The second-order valence-electron chi connectivity index (χ2n) is 5.69. The molecule has 3 N–H and O–H groups in total. The Morgan fingerprint density at radius 1 is 1.09 bits per heavy atom. The van der Waals surface area contributed by atoms with Crippen LogP contribution in [0.25, 0.3) is 0 Å². The minimum atomic E-state index is -0.0686. The van der Waals surface area contributed by atoms with Crippen LogP contribution in [-0.2, 0) is 6.42 Å². The van der Waals surface area contributed by atoms with Crippen LogP contribution in [0.4, 0.5) is 5.69 Å². The van der Waals surface area contributed by atoms with E-state index in [9.17, 15) is 4.79 Å². The zero-order chi connectivity index (χ0) is 14.7. The van der Waals surface area contributed by atoms with Crippen molar-refractivity contribution < 1.29 is 4.79 Å². The summed E-state index contributed by atoms with van der Waals surface area (Å²) in [5.74, 6) is 0.528. The van der Waals surface area contributed by atoms with E-state index >= 15 is 0 Å². The van der Waals surface area contributed by atoms with Crippen LogP contribution in [0.2, 0.25) is 0 Å². The first kappa shape index (κ1) is 16.4. The third-order valence-electron chi connectivity index (χ3n) is 4.01. The molecule has 0 radical (unpaired) electrons. The average Bonchev–Trinajstić information content (AvgIpc) is 3.32. The van der Waals surface area contributed by atoms with Gasteiger partial charge < -0.3 is 11.1 Å². The summed E-state index contributed by atoms with van der Waals surface area (Å²) in [6.45, 7) is 0. The lowest BCUT2D eigenvalue weighted by atomic mass is 10.0. The average molecular weight is 317 g/mol. The molecule has 1 atom stereocenters. The van der Waals surface area contributed by atoms with E-state index in [2.05, 4.69) is 17.4 Å². The fourth-order valence-electron chi connectivity index (χ4n) is 2.65. The van der Waals surface area contributed by atoms with Crippen molar-refractivity contribution in [1.29, 1.82) is 0 Å². The van der Waals surface area contributed by atoms with Crippen LogP contribution in [0.5, 0.6) is 0 Å². The number of hydrogen-bond acceptors (Lipinski definition) is 2.